The van der Waals surface area contributed by atoms with Crippen molar-refractivity contribution in [1.82, 2.24) is 10.2 Å². The zero-order chi connectivity index (χ0) is 19.2. The maximum absolute atomic E-state index is 12.6. The Balaban J connectivity index is 1.83. The average molecular weight is 380 g/mol. The van der Waals surface area contributed by atoms with Crippen molar-refractivity contribution in [2.45, 2.75) is 13.2 Å². The van der Waals surface area contributed by atoms with Crippen molar-refractivity contribution in [3.05, 3.63) is 54.2 Å². The maximum atomic E-state index is 12.6. The Kier molecular flexibility index (Phi) is 5.64. The van der Waals surface area contributed by atoms with Crippen molar-refractivity contribution in [2.24, 2.45) is 5.10 Å². The van der Waals surface area contributed by atoms with Crippen LogP contribution in [0, 0.1) is 0 Å². The molecule has 0 saturated heterocycles. The van der Waals surface area contributed by atoms with Crippen LogP contribution in [0.25, 0.3) is 10.8 Å². The Bertz CT molecular complexity index is 948. The minimum Gasteiger partial charge on any atom is -0.435 e. The number of anilines is 1. The standard InChI is InChI=1S/C17H12F4N4O2/c18-16(19)26-12-6-5-11(14(7-12)27-17(20)21)9-23-25-15-13-4-2-1-3-10(13)8-22-24-15/h1-9,16-17H,(H,24,25). The Morgan fingerprint density at radius 1 is 1.00 bits per heavy atom. The van der Waals surface area contributed by atoms with E-state index >= 15 is 0 Å². The van der Waals surface area contributed by atoms with Crippen LogP contribution >= 0.6 is 0 Å². The second kappa shape index (κ2) is 8.30. The number of aromatic nitrogens is 2. The van der Waals surface area contributed by atoms with Crippen LogP contribution in [0.5, 0.6) is 11.5 Å². The highest BCUT2D eigenvalue weighted by Crippen LogP contribution is 2.26. The lowest BCUT2D eigenvalue weighted by atomic mass is 10.2. The summed E-state index contributed by atoms with van der Waals surface area (Å²) >= 11 is 0. The Labute approximate surface area is 150 Å². The van der Waals surface area contributed by atoms with E-state index in [1.807, 2.05) is 24.3 Å². The Morgan fingerprint density at radius 3 is 2.56 bits per heavy atom. The van der Waals surface area contributed by atoms with Gasteiger partial charge in [0.1, 0.15) is 11.5 Å². The Morgan fingerprint density at radius 2 is 1.78 bits per heavy atom. The number of fused-ring (bicyclic) bond motifs is 1. The fourth-order valence-electron chi connectivity index (χ4n) is 2.27. The second-order valence-corrected chi connectivity index (χ2v) is 5.11. The lowest BCUT2D eigenvalue weighted by Crippen LogP contribution is -2.07. The van der Waals surface area contributed by atoms with Crippen LogP contribution in [0.3, 0.4) is 0 Å². The van der Waals surface area contributed by atoms with E-state index < -0.39 is 13.2 Å². The molecule has 0 aliphatic heterocycles. The Hall–Kier alpha value is -3.43. The number of rotatable bonds is 7. The van der Waals surface area contributed by atoms with Gasteiger partial charge < -0.3 is 9.47 Å². The average Bonchev–Trinajstić information content (AvgIpc) is 2.62. The topological polar surface area (TPSA) is 68.6 Å². The molecule has 0 spiro atoms. The molecule has 1 aromatic heterocycles. The normalized spacial score (nSPS) is 11.5. The molecular formula is C17H12F4N4O2. The third-order valence-electron chi connectivity index (χ3n) is 3.37. The van der Waals surface area contributed by atoms with Crippen molar-refractivity contribution in [2.75, 3.05) is 5.43 Å². The van der Waals surface area contributed by atoms with Gasteiger partial charge in [-0.25, -0.2) is 0 Å². The molecule has 10 heteroatoms. The fourth-order valence-corrected chi connectivity index (χ4v) is 2.27. The summed E-state index contributed by atoms with van der Waals surface area (Å²) in [7, 11) is 0. The van der Waals surface area contributed by atoms with Crippen molar-refractivity contribution < 1.29 is 27.0 Å². The summed E-state index contributed by atoms with van der Waals surface area (Å²) in [5.74, 6) is -0.318. The van der Waals surface area contributed by atoms with Crippen LogP contribution < -0.4 is 14.9 Å². The molecule has 2 aromatic carbocycles. The molecule has 6 nitrogen and oxygen atoms in total. The molecule has 0 atom stereocenters. The van der Waals surface area contributed by atoms with E-state index in [1.54, 1.807) is 6.20 Å². The van der Waals surface area contributed by atoms with Crippen LogP contribution in [-0.4, -0.2) is 29.6 Å². The van der Waals surface area contributed by atoms with Gasteiger partial charge in [0.25, 0.3) is 0 Å². The molecule has 0 aliphatic rings. The zero-order valence-corrected chi connectivity index (χ0v) is 13.5. The number of nitrogens with zero attached hydrogens (tertiary/aromatic N) is 3. The van der Waals surface area contributed by atoms with E-state index in [0.29, 0.717) is 5.82 Å². The van der Waals surface area contributed by atoms with Crippen LogP contribution in [0.4, 0.5) is 23.4 Å². The third-order valence-corrected chi connectivity index (χ3v) is 3.37. The second-order valence-electron chi connectivity index (χ2n) is 5.11. The van der Waals surface area contributed by atoms with Gasteiger partial charge in [0.05, 0.1) is 12.4 Å². The minimum atomic E-state index is -3.14. The SMILES string of the molecule is FC(F)Oc1ccc(C=NNc2nncc3ccccc23)c(OC(F)F)c1. The summed E-state index contributed by atoms with van der Waals surface area (Å²) in [6.07, 6.45) is 2.77. The summed E-state index contributed by atoms with van der Waals surface area (Å²) < 4.78 is 58.2. The zero-order valence-electron chi connectivity index (χ0n) is 13.5. The first-order valence-electron chi connectivity index (χ1n) is 7.56. The van der Waals surface area contributed by atoms with E-state index in [0.717, 1.165) is 16.8 Å². The largest absolute Gasteiger partial charge is 0.435 e. The first-order chi connectivity index (χ1) is 13.0. The molecule has 0 unspecified atom stereocenters. The van der Waals surface area contributed by atoms with Crippen molar-refractivity contribution in [1.29, 1.82) is 0 Å². The van der Waals surface area contributed by atoms with Gasteiger partial charge >= 0.3 is 13.2 Å². The fraction of sp³-hybridized carbons (Fsp3) is 0.118. The van der Waals surface area contributed by atoms with Crippen LogP contribution in [-0.2, 0) is 0 Å². The van der Waals surface area contributed by atoms with Gasteiger partial charge in [-0.1, -0.05) is 24.3 Å². The molecule has 0 fully saturated rings. The molecule has 0 aliphatic carbocycles. The highest BCUT2D eigenvalue weighted by Gasteiger charge is 2.12. The molecule has 0 amide bonds. The number of ether oxygens (including phenoxy) is 2. The number of alkyl halides is 4. The molecule has 3 rings (SSSR count). The molecule has 27 heavy (non-hydrogen) atoms. The van der Waals surface area contributed by atoms with Gasteiger partial charge in [-0.15, -0.1) is 5.10 Å². The van der Waals surface area contributed by atoms with E-state index in [2.05, 4.69) is 30.2 Å². The summed E-state index contributed by atoms with van der Waals surface area (Å²) in [4.78, 5) is 0. The van der Waals surface area contributed by atoms with E-state index in [9.17, 15) is 17.6 Å². The van der Waals surface area contributed by atoms with Gasteiger partial charge in [0.2, 0.25) is 0 Å². The van der Waals surface area contributed by atoms with E-state index in [-0.39, 0.29) is 17.1 Å². The van der Waals surface area contributed by atoms with Gasteiger partial charge in [0.15, 0.2) is 5.82 Å². The van der Waals surface area contributed by atoms with Crippen LogP contribution in [0.15, 0.2) is 53.8 Å². The monoisotopic (exact) mass is 380 g/mol. The highest BCUT2D eigenvalue weighted by molar-refractivity contribution is 5.91. The van der Waals surface area contributed by atoms with E-state index in [4.69, 9.17) is 0 Å². The molecule has 0 saturated carbocycles. The van der Waals surface area contributed by atoms with Gasteiger partial charge in [0, 0.05) is 22.4 Å². The minimum absolute atomic E-state index is 0.123. The first-order valence-corrected chi connectivity index (χ1v) is 7.56. The number of benzene rings is 2. The van der Waals surface area contributed by atoms with Crippen molar-refractivity contribution in [3.63, 3.8) is 0 Å². The van der Waals surface area contributed by atoms with E-state index in [1.165, 1.54) is 18.3 Å². The molecule has 140 valence electrons. The quantitative estimate of drug-likeness (QED) is 0.376. The summed E-state index contributed by atoms with van der Waals surface area (Å²) in [6, 6.07) is 10.7. The van der Waals surface area contributed by atoms with Gasteiger partial charge in [-0.3, -0.25) is 5.43 Å². The molecule has 0 radical (unpaired) electrons. The summed E-state index contributed by atoms with van der Waals surface area (Å²) in [5, 5.41) is 13.3. The highest BCUT2D eigenvalue weighted by atomic mass is 19.3. The number of halogens is 4. The summed E-state index contributed by atoms with van der Waals surface area (Å²) in [6.45, 7) is -6.23. The van der Waals surface area contributed by atoms with Gasteiger partial charge in [-0.05, 0) is 12.1 Å². The third kappa shape index (κ3) is 4.81. The summed E-state index contributed by atoms with van der Waals surface area (Å²) in [5.41, 5.74) is 2.79. The number of nitrogens with one attached hydrogen (secondary N) is 1. The smallest absolute Gasteiger partial charge is 0.387 e. The lowest BCUT2D eigenvalue weighted by Gasteiger charge is -2.11. The van der Waals surface area contributed by atoms with Crippen LogP contribution in [0.2, 0.25) is 0 Å². The maximum Gasteiger partial charge on any atom is 0.387 e. The first kappa shape index (κ1) is 18.4. The molecular weight excluding hydrogens is 368 g/mol. The van der Waals surface area contributed by atoms with Crippen molar-refractivity contribution >= 4 is 22.8 Å². The predicted octanol–water partition coefficient (Wildman–Crippen LogP) is 4.28. The predicted molar refractivity (Wildman–Crippen MR) is 90.5 cm³/mol. The number of hydrogen-bond donors (Lipinski definition) is 1. The number of hydrogen-bond acceptors (Lipinski definition) is 6. The van der Waals surface area contributed by atoms with Crippen molar-refractivity contribution in [3.8, 4) is 11.5 Å². The number of hydrazone groups is 1. The van der Waals surface area contributed by atoms with Gasteiger partial charge in [-0.2, -0.15) is 27.8 Å². The van der Waals surface area contributed by atoms with Crippen LogP contribution in [0.1, 0.15) is 5.56 Å². The molecule has 3 aromatic rings. The molecule has 1 heterocycles. The lowest BCUT2D eigenvalue weighted by molar-refractivity contribution is -0.0543. The molecule has 0 bridgehead atoms. The molecule has 1 N–H and O–H groups in total.